The number of rotatable bonds is 4. The molecule has 8 heteroatoms. The molecule has 1 aliphatic rings. The summed E-state index contributed by atoms with van der Waals surface area (Å²) in [7, 11) is 1.51. The molecule has 27 heavy (non-hydrogen) atoms. The van der Waals surface area contributed by atoms with E-state index in [1.54, 1.807) is 18.2 Å². The van der Waals surface area contributed by atoms with Crippen LogP contribution in [-0.4, -0.2) is 31.2 Å². The predicted molar refractivity (Wildman–Crippen MR) is 117 cm³/mol. The molecule has 0 atom stereocenters. The molecule has 0 saturated carbocycles. The zero-order chi connectivity index (χ0) is 19.4. The quantitative estimate of drug-likeness (QED) is 0.629. The van der Waals surface area contributed by atoms with Gasteiger partial charge in [-0.3, -0.25) is 10.1 Å². The van der Waals surface area contributed by atoms with E-state index in [0.29, 0.717) is 16.3 Å². The Morgan fingerprint density at radius 3 is 2.63 bits per heavy atom. The molecule has 0 spiro atoms. The van der Waals surface area contributed by atoms with Gasteiger partial charge in [-0.15, -0.1) is 0 Å². The fourth-order valence-corrected chi connectivity index (χ4v) is 3.86. The van der Waals surface area contributed by atoms with Crippen LogP contribution in [0.3, 0.4) is 0 Å². The van der Waals surface area contributed by atoms with Crippen LogP contribution in [0.15, 0.2) is 40.9 Å². The van der Waals surface area contributed by atoms with Crippen LogP contribution in [0.5, 0.6) is 5.75 Å². The number of benzene rings is 2. The average Bonchev–Trinajstić information content (AvgIpc) is 3.16. The van der Waals surface area contributed by atoms with Crippen molar-refractivity contribution < 1.29 is 9.53 Å². The summed E-state index contributed by atoms with van der Waals surface area (Å²) in [5.41, 5.74) is 2.13. The van der Waals surface area contributed by atoms with Crippen LogP contribution in [0, 0.1) is 0 Å². The van der Waals surface area contributed by atoms with E-state index < -0.39 is 0 Å². The number of methoxy groups -OCH3 is 1. The lowest BCUT2D eigenvalue weighted by Gasteiger charge is -2.20. The number of thiocarbonyl (C=S) groups is 1. The zero-order valence-corrected chi connectivity index (χ0v) is 17.9. The molecule has 1 fully saturated rings. The van der Waals surface area contributed by atoms with Crippen LogP contribution in [-0.2, 0) is 0 Å². The second-order valence-corrected chi connectivity index (χ2v) is 7.84. The third-order valence-corrected chi connectivity index (χ3v) is 5.29. The molecule has 1 saturated heterocycles. The standard InChI is InChI=1S/C19H19BrClN3O2S/c1-26-17-7-4-12(20)10-14(17)18(25)23-19(27)22-13-5-6-16(15(21)11-13)24-8-2-3-9-24/h4-7,10-11H,2-3,8-9H2,1H3,(H2,22,23,25,27). The lowest BCUT2D eigenvalue weighted by molar-refractivity contribution is 0.0974. The number of anilines is 2. The van der Waals surface area contributed by atoms with Crippen molar-refractivity contribution >= 4 is 62.1 Å². The van der Waals surface area contributed by atoms with Crippen molar-refractivity contribution in [3.63, 3.8) is 0 Å². The smallest absolute Gasteiger partial charge is 0.261 e. The lowest BCUT2D eigenvalue weighted by Crippen LogP contribution is -2.34. The van der Waals surface area contributed by atoms with E-state index in [1.807, 2.05) is 18.2 Å². The summed E-state index contributed by atoms with van der Waals surface area (Å²) < 4.78 is 6.01. The summed E-state index contributed by atoms with van der Waals surface area (Å²) in [6.07, 6.45) is 2.37. The fourth-order valence-electron chi connectivity index (χ4n) is 2.99. The third kappa shape index (κ3) is 4.91. The highest BCUT2D eigenvalue weighted by atomic mass is 79.9. The first-order valence-electron chi connectivity index (χ1n) is 8.48. The van der Waals surface area contributed by atoms with Crippen LogP contribution in [0.25, 0.3) is 0 Å². The first kappa shape index (κ1) is 19.9. The Balaban J connectivity index is 1.66. The minimum absolute atomic E-state index is 0.187. The number of ether oxygens (including phenoxy) is 1. The number of amides is 1. The maximum atomic E-state index is 12.5. The molecule has 0 unspecified atom stereocenters. The Bertz CT molecular complexity index is 872. The van der Waals surface area contributed by atoms with E-state index in [-0.39, 0.29) is 11.0 Å². The van der Waals surface area contributed by atoms with Gasteiger partial charge in [0, 0.05) is 23.2 Å². The van der Waals surface area contributed by atoms with Gasteiger partial charge in [-0.25, -0.2) is 0 Å². The number of carbonyl (C=O) groups is 1. The molecular formula is C19H19BrClN3O2S. The molecule has 2 N–H and O–H groups in total. The second kappa shape index (κ2) is 8.91. The van der Waals surface area contributed by atoms with Crippen LogP contribution in [0.4, 0.5) is 11.4 Å². The van der Waals surface area contributed by atoms with Crippen molar-refractivity contribution in [2.75, 3.05) is 30.4 Å². The Labute approximate surface area is 177 Å². The minimum Gasteiger partial charge on any atom is -0.496 e. The van der Waals surface area contributed by atoms with Crippen LogP contribution in [0.1, 0.15) is 23.2 Å². The molecule has 0 bridgehead atoms. The fraction of sp³-hybridized carbons (Fsp3) is 0.263. The van der Waals surface area contributed by atoms with Crippen molar-refractivity contribution in [3.8, 4) is 5.75 Å². The molecule has 3 rings (SSSR count). The Morgan fingerprint density at radius 1 is 1.22 bits per heavy atom. The van der Waals surface area contributed by atoms with Gasteiger partial charge in [0.2, 0.25) is 0 Å². The second-order valence-electron chi connectivity index (χ2n) is 6.11. The van der Waals surface area contributed by atoms with Crippen LogP contribution >= 0.6 is 39.7 Å². The molecule has 142 valence electrons. The SMILES string of the molecule is COc1ccc(Br)cc1C(=O)NC(=S)Nc1ccc(N2CCCC2)c(Cl)c1. The van der Waals surface area contributed by atoms with Crippen molar-refractivity contribution in [2.45, 2.75) is 12.8 Å². The van der Waals surface area contributed by atoms with Gasteiger partial charge in [0.05, 0.1) is 23.4 Å². The first-order chi connectivity index (χ1) is 13.0. The highest BCUT2D eigenvalue weighted by molar-refractivity contribution is 9.10. The highest BCUT2D eigenvalue weighted by Crippen LogP contribution is 2.31. The van der Waals surface area contributed by atoms with Crippen molar-refractivity contribution in [3.05, 3.63) is 51.5 Å². The van der Waals surface area contributed by atoms with Gasteiger partial charge in [0.25, 0.3) is 5.91 Å². The normalized spacial score (nSPS) is 13.4. The van der Waals surface area contributed by atoms with Crippen molar-refractivity contribution in [1.82, 2.24) is 5.32 Å². The first-order valence-corrected chi connectivity index (χ1v) is 10.1. The lowest BCUT2D eigenvalue weighted by atomic mass is 10.2. The summed E-state index contributed by atoms with van der Waals surface area (Å²) in [5.74, 6) is 0.113. The van der Waals surface area contributed by atoms with Crippen molar-refractivity contribution in [2.24, 2.45) is 0 Å². The summed E-state index contributed by atoms with van der Waals surface area (Å²) >= 11 is 15.0. The van der Waals surface area contributed by atoms with E-state index >= 15 is 0 Å². The van der Waals surface area contributed by atoms with E-state index in [2.05, 4.69) is 31.5 Å². The van der Waals surface area contributed by atoms with Crippen LogP contribution in [0.2, 0.25) is 5.02 Å². The third-order valence-electron chi connectivity index (χ3n) is 4.29. The predicted octanol–water partition coefficient (Wildman–Crippen LogP) is 4.84. The molecule has 2 aromatic carbocycles. The summed E-state index contributed by atoms with van der Waals surface area (Å²) in [6, 6.07) is 10.9. The van der Waals surface area contributed by atoms with Gasteiger partial charge in [-0.1, -0.05) is 27.5 Å². The molecule has 5 nitrogen and oxygen atoms in total. The maximum absolute atomic E-state index is 12.5. The maximum Gasteiger partial charge on any atom is 0.261 e. The molecule has 1 aliphatic heterocycles. The van der Waals surface area contributed by atoms with E-state index in [9.17, 15) is 4.79 Å². The summed E-state index contributed by atoms with van der Waals surface area (Å²) in [4.78, 5) is 14.8. The van der Waals surface area contributed by atoms with Gasteiger partial charge in [0.1, 0.15) is 5.75 Å². The molecule has 1 amide bonds. The number of hydrogen-bond acceptors (Lipinski definition) is 4. The van der Waals surface area contributed by atoms with Gasteiger partial charge in [0.15, 0.2) is 5.11 Å². The molecule has 2 aromatic rings. The van der Waals surface area contributed by atoms with E-state index in [1.165, 1.54) is 20.0 Å². The number of halogens is 2. The zero-order valence-electron chi connectivity index (χ0n) is 14.7. The molecule has 0 aromatic heterocycles. The Morgan fingerprint density at radius 2 is 1.96 bits per heavy atom. The van der Waals surface area contributed by atoms with Gasteiger partial charge in [-0.2, -0.15) is 0 Å². The monoisotopic (exact) mass is 467 g/mol. The average molecular weight is 469 g/mol. The molecule has 0 aliphatic carbocycles. The topological polar surface area (TPSA) is 53.6 Å². The largest absolute Gasteiger partial charge is 0.496 e. The molecular weight excluding hydrogens is 450 g/mol. The number of carbonyl (C=O) groups excluding carboxylic acids is 1. The van der Waals surface area contributed by atoms with Gasteiger partial charge >= 0.3 is 0 Å². The highest BCUT2D eigenvalue weighted by Gasteiger charge is 2.17. The summed E-state index contributed by atoms with van der Waals surface area (Å²) in [5, 5.41) is 6.50. The van der Waals surface area contributed by atoms with E-state index in [4.69, 9.17) is 28.6 Å². The van der Waals surface area contributed by atoms with Crippen LogP contribution < -0.4 is 20.3 Å². The van der Waals surface area contributed by atoms with Gasteiger partial charge < -0.3 is 15.0 Å². The number of hydrogen-bond donors (Lipinski definition) is 2. The van der Waals surface area contributed by atoms with Gasteiger partial charge in [-0.05, 0) is 61.5 Å². The van der Waals surface area contributed by atoms with Crippen molar-refractivity contribution in [1.29, 1.82) is 0 Å². The van der Waals surface area contributed by atoms with E-state index in [0.717, 1.165) is 28.9 Å². The molecule has 0 radical (unpaired) electrons. The Kier molecular flexibility index (Phi) is 6.57. The molecule has 1 heterocycles. The Hall–Kier alpha value is -1.83. The number of nitrogens with zero attached hydrogens (tertiary/aromatic N) is 1. The summed E-state index contributed by atoms with van der Waals surface area (Å²) in [6.45, 7) is 2.05. The minimum atomic E-state index is -0.356. The number of nitrogens with one attached hydrogen (secondary N) is 2.